The summed E-state index contributed by atoms with van der Waals surface area (Å²) in [5.41, 5.74) is 2.11. The van der Waals surface area contributed by atoms with E-state index in [4.69, 9.17) is 0 Å². The van der Waals surface area contributed by atoms with Gasteiger partial charge in [0.15, 0.2) is 0 Å². The second-order valence-electron chi connectivity index (χ2n) is 6.95. The number of carbonyl (C=O) groups is 2. The Hall–Kier alpha value is -2.89. The SMILES string of the molecule is CC1CC1C(=O)Nc1cccc(C(=O)NCc2cccnc2N(C)C)c1. The third-order valence-electron chi connectivity index (χ3n) is 4.57. The van der Waals surface area contributed by atoms with Gasteiger partial charge in [0.2, 0.25) is 5.91 Å². The summed E-state index contributed by atoms with van der Waals surface area (Å²) in [5, 5.41) is 5.81. The molecule has 6 nitrogen and oxygen atoms in total. The van der Waals surface area contributed by atoms with Crippen LogP contribution in [0.2, 0.25) is 0 Å². The van der Waals surface area contributed by atoms with Gasteiger partial charge in [0.1, 0.15) is 5.82 Å². The average molecular weight is 352 g/mol. The molecule has 1 aromatic heterocycles. The number of hydrogen-bond donors (Lipinski definition) is 2. The van der Waals surface area contributed by atoms with Crippen LogP contribution in [0.25, 0.3) is 0 Å². The molecule has 1 aliphatic carbocycles. The fraction of sp³-hybridized carbons (Fsp3) is 0.350. The van der Waals surface area contributed by atoms with Gasteiger partial charge >= 0.3 is 0 Å². The van der Waals surface area contributed by atoms with Crippen LogP contribution in [0, 0.1) is 11.8 Å². The van der Waals surface area contributed by atoms with Crippen molar-refractivity contribution in [1.82, 2.24) is 10.3 Å². The van der Waals surface area contributed by atoms with Crippen molar-refractivity contribution in [2.75, 3.05) is 24.3 Å². The Morgan fingerprint density at radius 2 is 2.00 bits per heavy atom. The number of hydrogen-bond acceptors (Lipinski definition) is 4. The minimum Gasteiger partial charge on any atom is -0.362 e. The fourth-order valence-corrected chi connectivity index (χ4v) is 2.91. The zero-order valence-corrected chi connectivity index (χ0v) is 15.3. The Kier molecular flexibility index (Phi) is 5.21. The van der Waals surface area contributed by atoms with E-state index in [1.807, 2.05) is 31.1 Å². The van der Waals surface area contributed by atoms with Gasteiger partial charge in [-0.1, -0.05) is 19.1 Å². The Morgan fingerprint density at radius 1 is 1.23 bits per heavy atom. The number of aromatic nitrogens is 1. The minimum atomic E-state index is -0.186. The quantitative estimate of drug-likeness (QED) is 0.838. The monoisotopic (exact) mass is 352 g/mol. The molecule has 1 saturated carbocycles. The molecule has 2 atom stereocenters. The van der Waals surface area contributed by atoms with E-state index in [0.717, 1.165) is 17.8 Å². The van der Waals surface area contributed by atoms with Crippen LogP contribution < -0.4 is 15.5 Å². The lowest BCUT2D eigenvalue weighted by Crippen LogP contribution is -2.25. The number of rotatable bonds is 6. The number of benzene rings is 1. The molecule has 136 valence electrons. The molecule has 1 aliphatic rings. The van der Waals surface area contributed by atoms with Gasteiger partial charge in [-0.05, 0) is 36.6 Å². The van der Waals surface area contributed by atoms with Crippen LogP contribution in [-0.2, 0) is 11.3 Å². The molecule has 0 radical (unpaired) electrons. The van der Waals surface area contributed by atoms with E-state index >= 15 is 0 Å². The Morgan fingerprint density at radius 3 is 2.69 bits per heavy atom. The molecule has 1 aromatic carbocycles. The van der Waals surface area contributed by atoms with Crippen molar-refractivity contribution in [2.24, 2.45) is 11.8 Å². The molecule has 0 spiro atoms. The first kappa shape index (κ1) is 17.9. The van der Waals surface area contributed by atoms with Crippen LogP contribution in [0.4, 0.5) is 11.5 Å². The number of anilines is 2. The minimum absolute atomic E-state index is 0.0287. The van der Waals surface area contributed by atoms with Crippen LogP contribution in [-0.4, -0.2) is 30.9 Å². The molecule has 1 heterocycles. The average Bonchev–Trinajstić information content (AvgIpc) is 3.37. The molecule has 2 aromatic rings. The number of nitrogens with one attached hydrogen (secondary N) is 2. The molecule has 2 unspecified atom stereocenters. The van der Waals surface area contributed by atoms with Crippen LogP contribution in [0.5, 0.6) is 0 Å². The van der Waals surface area contributed by atoms with Gasteiger partial charge in [-0.3, -0.25) is 9.59 Å². The van der Waals surface area contributed by atoms with Gasteiger partial charge in [0, 0.05) is 49.6 Å². The highest BCUT2D eigenvalue weighted by molar-refractivity contribution is 5.98. The van der Waals surface area contributed by atoms with Gasteiger partial charge in [0.05, 0.1) is 0 Å². The number of carbonyl (C=O) groups excluding carboxylic acids is 2. The molecule has 0 aliphatic heterocycles. The van der Waals surface area contributed by atoms with E-state index < -0.39 is 0 Å². The topological polar surface area (TPSA) is 74.3 Å². The number of amides is 2. The molecule has 2 amide bonds. The molecule has 0 saturated heterocycles. The molecule has 26 heavy (non-hydrogen) atoms. The predicted octanol–water partition coefficient (Wildman–Crippen LogP) is 2.67. The molecule has 0 bridgehead atoms. The first-order valence-corrected chi connectivity index (χ1v) is 8.76. The molecule has 3 rings (SSSR count). The lowest BCUT2D eigenvalue weighted by Gasteiger charge is -2.16. The Balaban J connectivity index is 1.63. The standard InChI is InChI=1S/C20H24N4O2/c1-13-10-17(13)20(26)23-16-8-4-6-14(11-16)19(25)22-12-15-7-5-9-21-18(15)24(2)3/h4-9,11,13,17H,10,12H2,1-3H3,(H,22,25)(H,23,26). The van der Waals surface area contributed by atoms with E-state index in [1.165, 1.54) is 0 Å². The first-order chi connectivity index (χ1) is 12.5. The van der Waals surface area contributed by atoms with Gasteiger partial charge in [-0.25, -0.2) is 4.98 Å². The lowest BCUT2D eigenvalue weighted by atomic mass is 10.1. The van der Waals surface area contributed by atoms with Gasteiger partial charge in [-0.15, -0.1) is 0 Å². The van der Waals surface area contributed by atoms with E-state index in [0.29, 0.717) is 23.7 Å². The Labute approximate surface area is 153 Å². The van der Waals surface area contributed by atoms with E-state index in [-0.39, 0.29) is 17.7 Å². The zero-order valence-electron chi connectivity index (χ0n) is 15.3. The van der Waals surface area contributed by atoms with Gasteiger partial charge < -0.3 is 15.5 Å². The molecular weight excluding hydrogens is 328 g/mol. The number of pyridine rings is 1. The van der Waals surface area contributed by atoms with Crippen LogP contribution in [0.1, 0.15) is 29.3 Å². The first-order valence-electron chi connectivity index (χ1n) is 8.76. The van der Waals surface area contributed by atoms with Crippen LogP contribution >= 0.6 is 0 Å². The molecular formula is C20H24N4O2. The van der Waals surface area contributed by atoms with E-state index in [2.05, 4.69) is 22.5 Å². The summed E-state index contributed by atoms with van der Waals surface area (Å²) in [5.74, 6) is 1.22. The van der Waals surface area contributed by atoms with Crippen LogP contribution in [0.3, 0.4) is 0 Å². The lowest BCUT2D eigenvalue weighted by molar-refractivity contribution is -0.117. The molecule has 2 N–H and O–H groups in total. The van der Waals surface area contributed by atoms with Crippen molar-refractivity contribution in [3.8, 4) is 0 Å². The summed E-state index contributed by atoms with van der Waals surface area (Å²) in [6.45, 7) is 2.45. The van der Waals surface area contributed by atoms with E-state index in [9.17, 15) is 9.59 Å². The van der Waals surface area contributed by atoms with Crippen molar-refractivity contribution in [1.29, 1.82) is 0 Å². The van der Waals surface area contributed by atoms with Crippen molar-refractivity contribution in [2.45, 2.75) is 19.9 Å². The third kappa shape index (κ3) is 4.20. The third-order valence-corrected chi connectivity index (χ3v) is 4.57. The highest BCUT2D eigenvalue weighted by Crippen LogP contribution is 2.38. The zero-order chi connectivity index (χ0) is 18.7. The van der Waals surface area contributed by atoms with Gasteiger partial charge in [0.25, 0.3) is 5.91 Å². The molecule has 1 fully saturated rings. The fourth-order valence-electron chi connectivity index (χ4n) is 2.91. The maximum absolute atomic E-state index is 12.5. The van der Waals surface area contributed by atoms with Crippen molar-refractivity contribution >= 4 is 23.3 Å². The second-order valence-corrected chi connectivity index (χ2v) is 6.95. The largest absolute Gasteiger partial charge is 0.362 e. The number of nitrogens with zero attached hydrogens (tertiary/aromatic N) is 2. The summed E-state index contributed by atoms with van der Waals surface area (Å²) < 4.78 is 0. The highest BCUT2D eigenvalue weighted by atomic mass is 16.2. The van der Waals surface area contributed by atoms with Gasteiger partial charge in [-0.2, -0.15) is 0 Å². The van der Waals surface area contributed by atoms with Crippen molar-refractivity contribution in [3.63, 3.8) is 0 Å². The predicted molar refractivity (Wildman–Crippen MR) is 102 cm³/mol. The summed E-state index contributed by atoms with van der Waals surface area (Å²) in [4.78, 5) is 30.8. The maximum atomic E-state index is 12.5. The Bertz CT molecular complexity index is 819. The van der Waals surface area contributed by atoms with Crippen molar-refractivity contribution < 1.29 is 9.59 Å². The summed E-state index contributed by atoms with van der Waals surface area (Å²) >= 11 is 0. The summed E-state index contributed by atoms with van der Waals surface area (Å²) in [6, 6.07) is 10.8. The maximum Gasteiger partial charge on any atom is 0.251 e. The normalized spacial score (nSPS) is 18.1. The summed E-state index contributed by atoms with van der Waals surface area (Å²) in [7, 11) is 3.83. The second kappa shape index (κ2) is 7.56. The smallest absolute Gasteiger partial charge is 0.251 e. The van der Waals surface area contributed by atoms with E-state index in [1.54, 1.807) is 30.5 Å². The molecule has 6 heteroatoms. The summed E-state index contributed by atoms with van der Waals surface area (Å²) in [6.07, 6.45) is 2.67. The highest BCUT2D eigenvalue weighted by Gasteiger charge is 2.39. The van der Waals surface area contributed by atoms with Crippen molar-refractivity contribution in [3.05, 3.63) is 53.7 Å². The van der Waals surface area contributed by atoms with Crippen LogP contribution in [0.15, 0.2) is 42.6 Å².